The van der Waals surface area contributed by atoms with E-state index in [2.05, 4.69) is 25.2 Å². The zero-order valence-electron chi connectivity index (χ0n) is 13.8. The third-order valence-electron chi connectivity index (χ3n) is 4.36. The molecule has 4 nitrogen and oxygen atoms in total. The van der Waals surface area contributed by atoms with E-state index in [9.17, 15) is 9.59 Å². The van der Waals surface area contributed by atoms with Crippen LogP contribution in [-0.2, 0) is 17.6 Å². The second-order valence-corrected chi connectivity index (χ2v) is 6.98. The van der Waals surface area contributed by atoms with Crippen LogP contribution in [0.2, 0.25) is 0 Å². The van der Waals surface area contributed by atoms with Crippen LogP contribution in [0.5, 0.6) is 0 Å². The summed E-state index contributed by atoms with van der Waals surface area (Å²) in [6.45, 7) is 5.67. The Labute approximate surface area is 136 Å². The van der Waals surface area contributed by atoms with Crippen molar-refractivity contribution < 1.29 is 9.59 Å². The summed E-state index contributed by atoms with van der Waals surface area (Å²) in [6.07, 6.45) is 4.68. The van der Waals surface area contributed by atoms with Crippen molar-refractivity contribution >= 4 is 23.2 Å². The van der Waals surface area contributed by atoms with Crippen molar-refractivity contribution in [2.75, 3.05) is 20.1 Å². The number of hydrogen-bond donors (Lipinski definition) is 1. The van der Waals surface area contributed by atoms with E-state index in [4.69, 9.17) is 0 Å². The van der Waals surface area contributed by atoms with Gasteiger partial charge in [0.2, 0.25) is 5.91 Å². The fraction of sp³-hybridized carbons (Fsp3) is 0.647. The van der Waals surface area contributed by atoms with Gasteiger partial charge in [-0.25, -0.2) is 0 Å². The highest BCUT2D eigenvalue weighted by Gasteiger charge is 2.28. The van der Waals surface area contributed by atoms with Gasteiger partial charge in [-0.3, -0.25) is 9.59 Å². The van der Waals surface area contributed by atoms with E-state index in [0.29, 0.717) is 13.1 Å². The van der Waals surface area contributed by atoms with Gasteiger partial charge in [0.25, 0.3) is 5.91 Å². The van der Waals surface area contributed by atoms with E-state index < -0.39 is 0 Å². The topological polar surface area (TPSA) is 49.4 Å². The molecule has 0 spiro atoms. The molecular formula is C17H26N2O2S. The Hall–Kier alpha value is -1.36. The van der Waals surface area contributed by atoms with Crippen molar-refractivity contribution in [3.8, 4) is 0 Å². The van der Waals surface area contributed by atoms with Crippen LogP contribution in [0.4, 0.5) is 0 Å². The predicted molar refractivity (Wildman–Crippen MR) is 90.4 cm³/mol. The van der Waals surface area contributed by atoms with Crippen molar-refractivity contribution in [1.82, 2.24) is 10.2 Å². The maximum absolute atomic E-state index is 12.7. The second-order valence-electron chi connectivity index (χ2n) is 5.84. The lowest BCUT2D eigenvalue weighted by atomic mass is 9.96. The van der Waals surface area contributed by atoms with E-state index in [1.807, 2.05) is 4.90 Å². The number of piperidine rings is 1. The van der Waals surface area contributed by atoms with Crippen LogP contribution in [0.3, 0.4) is 0 Å². The Kier molecular flexibility index (Phi) is 6.00. The monoisotopic (exact) mass is 322 g/mol. The van der Waals surface area contributed by atoms with E-state index in [1.54, 1.807) is 18.4 Å². The highest BCUT2D eigenvalue weighted by molar-refractivity contribution is 7.14. The molecule has 1 saturated heterocycles. The molecule has 0 aliphatic carbocycles. The molecular weight excluding hydrogens is 296 g/mol. The van der Waals surface area contributed by atoms with Crippen molar-refractivity contribution in [3.05, 3.63) is 21.4 Å². The predicted octanol–water partition coefficient (Wildman–Crippen LogP) is 2.86. The first kappa shape index (κ1) is 17.0. The molecule has 1 fully saturated rings. The smallest absolute Gasteiger partial charge is 0.263 e. The van der Waals surface area contributed by atoms with Gasteiger partial charge in [0, 0.05) is 30.9 Å². The largest absolute Gasteiger partial charge is 0.359 e. The molecule has 5 heteroatoms. The van der Waals surface area contributed by atoms with Gasteiger partial charge in [-0.2, -0.15) is 0 Å². The molecule has 1 aromatic rings. The van der Waals surface area contributed by atoms with Crippen LogP contribution in [0, 0.1) is 5.92 Å². The van der Waals surface area contributed by atoms with Gasteiger partial charge in [0.15, 0.2) is 0 Å². The summed E-state index contributed by atoms with van der Waals surface area (Å²) in [5.41, 5.74) is 1.32. The Morgan fingerprint density at radius 1 is 1.32 bits per heavy atom. The number of hydrogen-bond acceptors (Lipinski definition) is 3. The molecule has 1 aliphatic heterocycles. The van der Waals surface area contributed by atoms with E-state index in [0.717, 1.165) is 37.0 Å². The summed E-state index contributed by atoms with van der Waals surface area (Å²) < 4.78 is 0. The first-order valence-electron chi connectivity index (χ1n) is 8.23. The number of nitrogens with one attached hydrogen (secondary N) is 1. The van der Waals surface area contributed by atoms with Gasteiger partial charge in [0.1, 0.15) is 0 Å². The zero-order chi connectivity index (χ0) is 16.1. The van der Waals surface area contributed by atoms with Gasteiger partial charge in [-0.1, -0.05) is 20.3 Å². The summed E-state index contributed by atoms with van der Waals surface area (Å²) in [4.78, 5) is 28.4. The molecule has 1 aromatic heterocycles. The van der Waals surface area contributed by atoms with Crippen molar-refractivity contribution in [2.45, 2.75) is 46.0 Å². The van der Waals surface area contributed by atoms with Gasteiger partial charge in [0.05, 0.1) is 4.88 Å². The standard InChI is InChI=1S/C17H26N2O2S/c1-4-6-14-12(5-2)11-15(22-14)17(21)19-9-7-13(8-10-19)16(20)18-3/h11,13H,4-10H2,1-3H3,(H,18,20). The van der Waals surface area contributed by atoms with Crippen molar-refractivity contribution in [1.29, 1.82) is 0 Å². The summed E-state index contributed by atoms with van der Waals surface area (Å²) >= 11 is 1.65. The lowest BCUT2D eigenvalue weighted by Crippen LogP contribution is -2.42. The maximum atomic E-state index is 12.7. The van der Waals surface area contributed by atoms with Crippen LogP contribution in [0.1, 0.15) is 53.2 Å². The third-order valence-corrected chi connectivity index (χ3v) is 5.59. The van der Waals surface area contributed by atoms with Crippen LogP contribution < -0.4 is 5.32 Å². The highest BCUT2D eigenvalue weighted by Crippen LogP contribution is 2.27. The number of aryl methyl sites for hydroxylation is 2. The molecule has 0 aromatic carbocycles. The second kappa shape index (κ2) is 7.77. The lowest BCUT2D eigenvalue weighted by molar-refractivity contribution is -0.125. The minimum absolute atomic E-state index is 0.0549. The molecule has 2 heterocycles. The van der Waals surface area contributed by atoms with E-state index in [-0.39, 0.29) is 17.7 Å². The first-order chi connectivity index (χ1) is 10.6. The Morgan fingerprint density at radius 2 is 2.00 bits per heavy atom. The van der Waals surface area contributed by atoms with Gasteiger partial charge >= 0.3 is 0 Å². The molecule has 2 rings (SSSR count). The number of carbonyl (C=O) groups is 2. The Balaban J connectivity index is 2.02. The molecule has 1 aliphatic rings. The van der Waals surface area contributed by atoms with Crippen LogP contribution in [0.25, 0.3) is 0 Å². The number of thiophene rings is 1. The molecule has 1 N–H and O–H groups in total. The molecule has 22 heavy (non-hydrogen) atoms. The highest BCUT2D eigenvalue weighted by atomic mass is 32.1. The molecule has 0 atom stereocenters. The van der Waals surface area contributed by atoms with Crippen LogP contribution in [0.15, 0.2) is 6.07 Å². The van der Waals surface area contributed by atoms with Crippen LogP contribution in [-0.4, -0.2) is 36.9 Å². The van der Waals surface area contributed by atoms with Crippen LogP contribution >= 0.6 is 11.3 Å². The van der Waals surface area contributed by atoms with Gasteiger partial charge in [-0.15, -0.1) is 11.3 Å². The number of carbonyl (C=O) groups excluding carboxylic acids is 2. The Bertz CT molecular complexity index is 531. The zero-order valence-corrected chi connectivity index (χ0v) is 14.6. The summed E-state index contributed by atoms with van der Waals surface area (Å²) in [5, 5.41) is 2.70. The summed E-state index contributed by atoms with van der Waals surface area (Å²) in [6, 6.07) is 2.07. The minimum Gasteiger partial charge on any atom is -0.359 e. The summed E-state index contributed by atoms with van der Waals surface area (Å²) in [5.74, 6) is 0.290. The molecule has 0 radical (unpaired) electrons. The lowest BCUT2D eigenvalue weighted by Gasteiger charge is -2.30. The number of amides is 2. The molecule has 2 amide bonds. The van der Waals surface area contributed by atoms with Gasteiger partial charge < -0.3 is 10.2 Å². The SMILES string of the molecule is CCCc1sc(C(=O)N2CCC(C(=O)NC)CC2)cc1CC. The molecule has 0 unspecified atom stereocenters. The fourth-order valence-corrected chi connectivity index (χ4v) is 4.34. The average Bonchev–Trinajstić information content (AvgIpc) is 2.97. The maximum Gasteiger partial charge on any atom is 0.263 e. The number of likely N-dealkylation sites (tertiary alicyclic amines) is 1. The van der Waals surface area contributed by atoms with E-state index >= 15 is 0 Å². The molecule has 0 bridgehead atoms. The van der Waals surface area contributed by atoms with Crippen molar-refractivity contribution in [2.24, 2.45) is 5.92 Å². The van der Waals surface area contributed by atoms with Gasteiger partial charge in [-0.05, 0) is 37.3 Å². The Morgan fingerprint density at radius 3 is 2.55 bits per heavy atom. The van der Waals surface area contributed by atoms with E-state index in [1.165, 1.54) is 10.4 Å². The average molecular weight is 322 g/mol. The minimum atomic E-state index is 0.0549. The normalized spacial score (nSPS) is 15.9. The van der Waals surface area contributed by atoms with Crippen molar-refractivity contribution in [3.63, 3.8) is 0 Å². The molecule has 0 saturated carbocycles. The summed E-state index contributed by atoms with van der Waals surface area (Å²) in [7, 11) is 1.67. The number of rotatable bonds is 5. The number of nitrogens with zero attached hydrogens (tertiary/aromatic N) is 1. The quantitative estimate of drug-likeness (QED) is 0.906. The molecule has 122 valence electrons. The fourth-order valence-electron chi connectivity index (χ4n) is 3.01. The third kappa shape index (κ3) is 3.69. The first-order valence-corrected chi connectivity index (χ1v) is 9.04.